The summed E-state index contributed by atoms with van der Waals surface area (Å²) in [6, 6.07) is 7.65. The van der Waals surface area contributed by atoms with Gasteiger partial charge in [-0.1, -0.05) is 47.6 Å². The Labute approximate surface area is 87.2 Å². The minimum Gasteiger partial charge on any atom is -0.381 e. The fourth-order valence-corrected chi connectivity index (χ4v) is 1.62. The summed E-state index contributed by atoms with van der Waals surface area (Å²) in [4.78, 5) is 0. The topological polar surface area (TPSA) is 20.2 Å². The maximum absolute atomic E-state index is 10.1. The molecule has 0 fully saturated rings. The van der Waals surface area contributed by atoms with Crippen molar-refractivity contribution in [3.05, 3.63) is 47.0 Å². The van der Waals surface area contributed by atoms with Gasteiger partial charge < -0.3 is 5.11 Å². The molecule has 1 aromatic carbocycles. The molecule has 0 aliphatic rings. The summed E-state index contributed by atoms with van der Waals surface area (Å²) in [5.74, 6) is 0. The number of benzene rings is 1. The van der Waals surface area contributed by atoms with Gasteiger partial charge in [-0.15, -0.1) is 0 Å². The number of hydrogen-bond acceptors (Lipinski definition) is 1. The normalized spacial score (nSPS) is 15.0. The van der Waals surface area contributed by atoms with Crippen molar-refractivity contribution in [2.75, 3.05) is 0 Å². The maximum Gasteiger partial charge on any atom is 0.107 e. The van der Waals surface area contributed by atoms with Crippen molar-refractivity contribution in [3.8, 4) is 0 Å². The second-order valence-corrected chi connectivity index (χ2v) is 3.91. The van der Waals surface area contributed by atoms with Crippen molar-refractivity contribution >= 4 is 15.9 Å². The summed E-state index contributed by atoms with van der Waals surface area (Å²) in [6.45, 7) is 5.58. The molecule has 0 aliphatic heterocycles. The molecule has 0 saturated heterocycles. The van der Waals surface area contributed by atoms with Gasteiger partial charge in [0, 0.05) is 4.47 Å². The summed E-state index contributed by atoms with van der Waals surface area (Å²) in [5.41, 5.74) is -0.0246. The van der Waals surface area contributed by atoms with Crippen molar-refractivity contribution in [2.45, 2.75) is 18.9 Å². The molecule has 0 radical (unpaired) electrons. The van der Waals surface area contributed by atoms with Crippen LogP contribution in [0, 0.1) is 0 Å². The van der Waals surface area contributed by atoms with Crippen LogP contribution in [0.25, 0.3) is 0 Å². The molecule has 0 spiro atoms. The fraction of sp³-hybridized carbons (Fsp3) is 0.273. The zero-order valence-corrected chi connectivity index (χ0v) is 9.21. The van der Waals surface area contributed by atoms with E-state index in [1.54, 1.807) is 6.08 Å². The van der Waals surface area contributed by atoms with Gasteiger partial charge in [-0.2, -0.15) is 0 Å². The average molecular weight is 241 g/mol. The van der Waals surface area contributed by atoms with Gasteiger partial charge in [0.2, 0.25) is 0 Å². The highest BCUT2D eigenvalue weighted by molar-refractivity contribution is 9.10. The zero-order valence-electron chi connectivity index (χ0n) is 7.63. The van der Waals surface area contributed by atoms with E-state index in [0.29, 0.717) is 6.42 Å². The molecule has 0 heterocycles. The van der Waals surface area contributed by atoms with E-state index in [4.69, 9.17) is 0 Å². The van der Waals surface area contributed by atoms with Gasteiger partial charge in [-0.25, -0.2) is 0 Å². The molecule has 1 rings (SSSR count). The lowest BCUT2D eigenvalue weighted by molar-refractivity contribution is 0.0855. The molecular formula is C11H13BrO. The van der Waals surface area contributed by atoms with Crippen LogP contribution in [0.5, 0.6) is 0 Å². The molecule has 0 aliphatic carbocycles. The van der Waals surface area contributed by atoms with Gasteiger partial charge >= 0.3 is 0 Å². The standard InChI is InChI=1S/C11H13BrO/c1-3-11(13,4-2)9-6-5-7-10(12)8-9/h3,5-8,13H,1,4H2,2H3. The molecule has 0 bridgehead atoms. The van der Waals surface area contributed by atoms with Crippen LogP contribution in [-0.2, 0) is 5.60 Å². The Bertz CT molecular complexity index is 309. The van der Waals surface area contributed by atoms with E-state index in [1.807, 2.05) is 31.2 Å². The Morgan fingerprint density at radius 1 is 1.62 bits per heavy atom. The Morgan fingerprint density at radius 3 is 2.77 bits per heavy atom. The van der Waals surface area contributed by atoms with Gasteiger partial charge in [0.15, 0.2) is 0 Å². The van der Waals surface area contributed by atoms with Crippen molar-refractivity contribution in [1.82, 2.24) is 0 Å². The molecule has 1 N–H and O–H groups in total. The van der Waals surface area contributed by atoms with E-state index in [2.05, 4.69) is 22.5 Å². The fourth-order valence-electron chi connectivity index (χ4n) is 1.22. The second-order valence-electron chi connectivity index (χ2n) is 2.99. The van der Waals surface area contributed by atoms with Crippen molar-refractivity contribution < 1.29 is 5.11 Å². The third-order valence-corrected chi connectivity index (χ3v) is 2.69. The van der Waals surface area contributed by atoms with Gasteiger partial charge in [-0.3, -0.25) is 0 Å². The summed E-state index contributed by atoms with van der Waals surface area (Å²) in [6.07, 6.45) is 2.21. The summed E-state index contributed by atoms with van der Waals surface area (Å²) in [5, 5.41) is 10.1. The summed E-state index contributed by atoms with van der Waals surface area (Å²) in [7, 11) is 0. The smallest absolute Gasteiger partial charge is 0.107 e. The van der Waals surface area contributed by atoms with Gasteiger partial charge in [0.1, 0.15) is 5.60 Å². The first kappa shape index (κ1) is 10.5. The Balaban J connectivity index is 3.12. The molecule has 0 amide bonds. The predicted molar refractivity (Wildman–Crippen MR) is 58.5 cm³/mol. The van der Waals surface area contributed by atoms with Gasteiger partial charge in [-0.05, 0) is 24.1 Å². The van der Waals surface area contributed by atoms with E-state index >= 15 is 0 Å². The first-order valence-electron chi connectivity index (χ1n) is 4.24. The summed E-state index contributed by atoms with van der Waals surface area (Å²) >= 11 is 3.37. The first-order valence-corrected chi connectivity index (χ1v) is 5.03. The van der Waals surface area contributed by atoms with E-state index in [0.717, 1.165) is 10.0 Å². The Kier molecular flexibility index (Phi) is 3.28. The number of hydrogen-bond donors (Lipinski definition) is 1. The Hall–Kier alpha value is -0.600. The highest BCUT2D eigenvalue weighted by Crippen LogP contribution is 2.27. The first-order chi connectivity index (χ1) is 6.12. The molecule has 0 saturated carbocycles. The second kappa shape index (κ2) is 4.07. The quantitative estimate of drug-likeness (QED) is 0.805. The molecule has 2 heteroatoms. The molecular weight excluding hydrogens is 228 g/mol. The van der Waals surface area contributed by atoms with E-state index < -0.39 is 5.60 Å². The lowest BCUT2D eigenvalue weighted by atomic mass is 9.91. The molecule has 1 aromatic rings. The average Bonchev–Trinajstić information content (AvgIpc) is 2.17. The number of rotatable bonds is 3. The molecule has 13 heavy (non-hydrogen) atoms. The van der Waals surface area contributed by atoms with Crippen molar-refractivity contribution in [3.63, 3.8) is 0 Å². The highest BCUT2D eigenvalue weighted by Gasteiger charge is 2.22. The van der Waals surface area contributed by atoms with Crippen molar-refractivity contribution in [2.24, 2.45) is 0 Å². The van der Waals surface area contributed by atoms with Crippen LogP contribution in [-0.4, -0.2) is 5.11 Å². The largest absolute Gasteiger partial charge is 0.381 e. The number of aliphatic hydroxyl groups is 1. The Morgan fingerprint density at radius 2 is 2.31 bits per heavy atom. The van der Waals surface area contributed by atoms with Crippen LogP contribution >= 0.6 is 15.9 Å². The van der Waals surface area contributed by atoms with Crippen LogP contribution < -0.4 is 0 Å². The maximum atomic E-state index is 10.1. The van der Waals surface area contributed by atoms with E-state index in [1.165, 1.54) is 0 Å². The zero-order chi connectivity index (χ0) is 9.90. The lowest BCUT2D eigenvalue weighted by Crippen LogP contribution is -2.20. The third-order valence-electron chi connectivity index (χ3n) is 2.20. The van der Waals surface area contributed by atoms with Crippen LogP contribution in [0.15, 0.2) is 41.4 Å². The molecule has 0 aromatic heterocycles. The molecule has 1 nitrogen and oxygen atoms in total. The van der Waals surface area contributed by atoms with Gasteiger partial charge in [0.05, 0.1) is 0 Å². The minimum absolute atomic E-state index is 0.632. The molecule has 1 unspecified atom stereocenters. The van der Waals surface area contributed by atoms with Crippen LogP contribution in [0.4, 0.5) is 0 Å². The predicted octanol–water partition coefficient (Wildman–Crippen LogP) is 3.23. The SMILES string of the molecule is C=CC(O)(CC)c1cccc(Br)c1. The third kappa shape index (κ3) is 2.20. The van der Waals surface area contributed by atoms with Crippen LogP contribution in [0.1, 0.15) is 18.9 Å². The van der Waals surface area contributed by atoms with Gasteiger partial charge in [0.25, 0.3) is 0 Å². The van der Waals surface area contributed by atoms with Crippen molar-refractivity contribution in [1.29, 1.82) is 0 Å². The lowest BCUT2D eigenvalue weighted by Gasteiger charge is -2.23. The highest BCUT2D eigenvalue weighted by atomic mass is 79.9. The van der Waals surface area contributed by atoms with Crippen LogP contribution in [0.2, 0.25) is 0 Å². The molecule has 70 valence electrons. The monoisotopic (exact) mass is 240 g/mol. The minimum atomic E-state index is -0.899. The number of halogens is 1. The summed E-state index contributed by atoms with van der Waals surface area (Å²) < 4.78 is 0.971. The van der Waals surface area contributed by atoms with E-state index in [9.17, 15) is 5.11 Å². The van der Waals surface area contributed by atoms with E-state index in [-0.39, 0.29) is 0 Å². The molecule has 1 atom stereocenters. The van der Waals surface area contributed by atoms with Crippen LogP contribution in [0.3, 0.4) is 0 Å².